The quantitative estimate of drug-likeness (QED) is 0.140. The van der Waals surface area contributed by atoms with Gasteiger partial charge in [-0.15, -0.1) is 0 Å². The lowest BCUT2D eigenvalue weighted by atomic mass is 9.67. The summed E-state index contributed by atoms with van der Waals surface area (Å²) in [5, 5.41) is 0. The lowest BCUT2D eigenvalue weighted by Gasteiger charge is -2.35. The molecule has 0 N–H and O–H groups in total. The summed E-state index contributed by atoms with van der Waals surface area (Å²) in [5.74, 6) is 0. The van der Waals surface area contributed by atoms with E-state index < -0.39 is 36.0 Å². The molecule has 0 radical (unpaired) electrons. The number of hydrogen-bond acceptors (Lipinski definition) is 0. The van der Waals surface area contributed by atoms with E-state index in [1.807, 2.05) is 100 Å². The third-order valence-corrected chi connectivity index (χ3v) is 9.97. The first-order valence-corrected chi connectivity index (χ1v) is 17.7. The second-order valence-corrected chi connectivity index (χ2v) is 12.5. The molecule has 0 bridgehead atoms. The zero-order chi connectivity index (χ0) is 36.2. The average Bonchev–Trinajstić information content (AvgIpc) is 3.56. The van der Waals surface area contributed by atoms with Gasteiger partial charge in [0.25, 0.3) is 0 Å². The van der Waals surface area contributed by atoms with E-state index in [4.69, 9.17) is 0 Å². The Hall–Kier alpha value is -4.32. The normalized spacial score (nSPS) is 14.6. The van der Waals surface area contributed by atoms with Gasteiger partial charge < -0.3 is 0 Å². The first kappa shape index (κ1) is 36.9. The van der Waals surface area contributed by atoms with Crippen molar-refractivity contribution in [3.05, 3.63) is 155 Å². The number of alkyl halides is 6. The molecule has 0 unspecified atom stereocenters. The van der Waals surface area contributed by atoms with Gasteiger partial charge in [0.2, 0.25) is 0 Å². The standard InChI is InChI=1S/C40H32F6.2C2H6/c41-38(42,43)23-11-21-37(22-12-24-39(44,45)46)33-19-9-7-17-29(33)31-26-36-32(25-35(31)37)30-18-8-10-20-34(30)40(36,27-13-3-1-4-14-27)28-15-5-2-6-16-28;2*1-2/h1-10,13-20,25-26H,11-12,21-24H2;2*1-2H3. The van der Waals surface area contributed by atoms with Crippen LogP contribution in [0.15, 0.2) is 121 Å². The van der Waals surface area contributed by atoms with Crippen molar-refractivity contribution in [2.24, 2.45) is 0 Å². The highest BCUT2D eigenvalue weighted by Crippen LogP contribution is 2.61. The minimum atomic E-state index is -4.35. The Balaban J connectivity index is 0.00000117. The molecule has 0 nitrogen and oxygen atoms in total. The van der Waals surface area contributed by atoms with E-state index in [1.54, 1.807) is 0 Å². The van der Waals surface area contributed by atoms with Crippen molar-refractivity contribution >= 4 is 0 Å². The Bertz CT molecular complexity index is 1810. The summed E-state index contributed by atoms with van der Waals surface area (Å²) in [6, 6.07) is 40.6. The van der Waals surface area contributed by atoms with Crippen molar-refractivity contribution in [3.8, 4) is 22.3 Å². The predicted octanol–water partition coefficient (Wildman–Crippen LogP) is 13.8. The highest BCUT2D eigenvalue weighted by molar-refractivity contribution is 5.92. The second-order valence-electron chi connectivity index (χ2n) is 12.5. The van der Waals surface area contributed by atoms with Crippen LogP contribution in [-0.2, 0) is 10.8 Å². The maximum atomic E-state index is 13.5. The van der Waals surface area contributed by atoms with Crippen molar-refractivity contribution in [1.82, 2.24) is 0 Å². The summed E-state index contributed by atoms with van der Waals surface area (Å²) in [4.78, 5) is 0. The topological polar surface area (TPSA) is 0 Å². The van der Waals surface area contributed by atoms with E-state index in [9.17, 15) is 26.3 Å². The molecule has 6 heteroatoms. The molecule has 0 aromatic heterocycles. The molecule has 0 fully saturated rings. The Labute approximate surface area is 292 Å². The van der Waals surface area contributed by atoms with E-state index in [0.29, 0.717) is 0 Å². The fourth-order valence-corrected chi connectivity index (χ4v) is 8.23. The number of hydrogen-bond donors (Lipinski definition) is 0. The highest BCUT2D eigenvalue weighted by Gasteiger charge is 2.50. The van der Waals surface area contributed by atoms with E-state index in [0.717, 1.165) is 55.6 Å². The Morgan fingerprint density at radius 1 is 0.420 bits per heavy atom. The fraction of sp³-hybridized carbons (Fsp3) is 0.318. The molecule has 0 saturated heterocycles. The number of halogens is 6. The van der Waals surface area contributed by atoms with Gasteiger partial charge in [0, 0.05) is 18.3 Å². The van der Waals surface area contributed by atoms with E-state index in [1.165, 1.54) is 0 Å². The number of rotatable bonds is 8. The van der Waals surface area contributed by atoms with Gasteiger partial charge >= 0.3 is 12.4 Å². The van der Waals surface area contributed by atoms with Crippen LogP contribution in [-0.4, -0.2) is 12.4 Å². The Morgan fingerprint density at radius 2 is 0.800 bits per heavy atom. The van der Waals surface area contributed by atoms with E-state index >= 15 is 0 Å². The molecule has 0 aliphatic heterocycles. The largest absolute Gasteiger partial charge is 0.389 e. The minimum Gasteiger partial charge on any atom is -0.171 e. The van der Waals surface area contributed by atoms with Crippen LogP contribution in [0.5, 0.6) is 0 Å². The third-order valence-electron chi connectivity index (χ3n) is 9.97. The van der Waals surface area contributed by atoms with Crippen LogP contribution in [0, 0.1) is 0 Å². The van der Waals surface area contributed by atoms with Gasteiger partial charge in [-0.25, -0.2) is 0 Å². The average molecular weight is 687 g/mol. The molecular formula is C44H44F6. The smallest absolute Gasteiger partial charge is 0.171 e. The Kier molecular flexibility index (Phi) is 11.0. The molecule has 0 saturated carbocycles. The Morgan fingerprint density at radius 3 is 1.28 bits per heavy atom. The third kappa shape index (κ3) is 6.61. The monoisotopic (exact) mass is 686 g/mol. The summed E-state index contributed by atoms with van der Waals surface area (Å²) in [5.41, 5.74) is 8.06. The molecule has 7 rings (SSSR count). The van der Waals surface area contributed by atoms with Crippen molar-refractivity contribution in [2.45, 2.75) is 89.4 Å². The molecule has 2 aliphatic rings. The van der Waals surface area contributed by atoms with E-state index in [2.05, 4.69) is 48.5 Å². The molecule has 50 heavy (non-hydrogen) atoms. The van der Waals surface area contributed by atoms with Gasteiger partial charge in [-0.3, -0.25) is 0 Å². The molecule has 0 amide bonds. The maximum Gasteiger partial charge on any atom is 0.389 e. The fourth-order valence-electron chi connectivity index (χ4n) is 8.23. The zero-order valence-electron chi connectivity index (χ0n) is 29.1. The van der Waals surface area contributed by atoms with E-state index in [-0.39, 0.29) is 25.7 Å². The van der Waals surface area contributed by atoms with Gasteiger partial charge in [0.15, 0.2) is 0 Å². The summed E-state index contributed by atoms with van der Waals surface area (Å²) in [6.45, 7) is 8.00. The van der Waals surface area contributed by atoms with Crippen molar-refractivity contribution in [3.63, 3.8) is 0 Å². The summed E-state index contributed by atoms with van der Waals surface area (Å²) >= 11 is 0. The van der Waals surface area contributed by atoms with Crippen LogP contribution < -0.4 is 0 Å². The lowest BCUT2D eigenvalue weighted by molar-refractivity contribution is -0.136. The molecule has 2 aliphatic carbocycles. The molecular weight excluding hydrogens is 642 g/mol. The second kappa shape index (κ2) is 14.9. The summed E-state index contributed by atoms with van der Waals surface area (Å²) < 4.78 is 80.8. The van der Waals surface area contributed by atoms with Crippen molar-refractivity contribution in [2.75, 3.05) is 0 Å². The van der Waals surface area contributed by atoms with Gasteiger partial charge in [0.05, 0.1) is 5.41 Å². The molecule has 0 atom stereocenters. The van der Waals surface area contributed by atoms with Crippen LogP contribution in [0.25, 0.3) is 22.3 Å². The van der Waals surface area contributed by atoms with Gasteiger partial charge in [-0.2, -0.15) is 26.3 Å². The first-order valence-electron chi connectivity index (χ1n) is 17.7. The maximum absolute atomic E-state index is 13.5. The summed E-state index contributed by atoms with van der Waals surface area (Å²) in [7, 11) is 0. The number of fused-ring (bicyclic) bond motifs is 6. The van der Waals surface area contributed by atoms with Gasteiger partial charge in [-0.05, 0) is 93.5 Å². The molecule has 0 spiro atoms. The van der Waals surface area contributed by atoms with Gasteiger partial charge in [-0.1, -0.05) is 137 Å². The van der Waals surface area contributed by atoms with Crippen LogP contribution in [0.1, 0.15) is 99.6 Å². The molecule has 5 aromatic carbocycles. The SMILES string of the molecule is CC.CC.FC(F)(F)CCCC1(CCCC(F)(F)F)c2ccccc2-c2cc3c(cc21)-c1ccccc1C3(c1ccccc1)c1ccccc1. The van der Waals surface area contributed by atoms with Crippen LogP contribution >= 0.6 is 0 Å². The first-order chi connectivity index (χ1) is 24.0. The van der Waals surface area contributed by atoms with Crippen molar-refractivity contribution in [1.29, 1.82) is 0 Å². The predicted molar refractivity (Wildman–Crippen MR) is 192 cm³/mol. The minimum absolute atomic E-state index is 0.108. The van der Waals surface area contributed by atoms with Crippen LogP contribution in [0.4, 0.5) is 26.3 Å². The summed E-state index contributed by atoms with van der Waals surface area (Å²) in [6.07, 6.45) is -10.8. The zero-order valence-corrected chi connectivity index (χ0v) is 29.1. The van der Waals surface area contributed by atoms with Gasteiger partial charge in [0.1, 0.15) is 0 Å². The molecule has 0 heterocycles. The molecule has 262 valence electrons. The highest BCUT2D eigenvalue weighted by atomic mass is 19.4. The van der Waals surface area contributed by atoms with Crippen LogP contribution in [0.3, 0.4) is 0 Å². The lowest BCUT2D eigenvalue weighted by Crippen LogP contribution is -2.29. The molecule has 5 aromatic rings. The van der Waals surface area contributed by atoms with Crippen molar-refractivity contribution < 1.29 is 26.3 Å². The van der Waals surface area contributed by atoms with Crippen LogP contribution in [0.2, 0.25) is 0 Å². The number of benzene rings is 5.